The lowest BCUT2D eigenvalue weighted by molar-refractivity contribution is 0.0767. The van der Waals surface area contributed by atoms with Gasteiger partial charge in [0, 0.05) is 31.4 Å². The van der Waals surface area contributed by atoms with Crippen LogP contribution >= 0.6 is 0 Å². The van der Waals surface area contributed by atoms with E-state index in [0.717, 1.165) is 42.9 Å². The van der Waals surface area contributed by atoms with Crippen molar-refractivity contribution < 1.29 is 9.53 Å². The fourth-order valence-electron chi connectivity index (χ4n) is 3.63. The summed E-state index contributed by atoms with van der Waals surface area (Å²) in [6.07, 6.45) is 2.83. The molecule has 0 saturated carbocycles. The summed E-state index contributed by atoms with van der Waals surface area (Å²) in [6, 6.07) is 17.9. The van der Waals surface area contributed by atoms with Crippen LogP contribution in [0.1, 0.15) is 22.3 Å². The molecule has 1 amide bonds. The Hall–Kier alpha value is -3.12. The minimum absolute atomic E-state index is 0.0332. The Morgan fingerprint density at radius 2 is 1.97 bits per heavy atom. The molecule has 1 saturated heterocycles. The monoisotopic (exact) mass is 390 g/mol. The predicted molar refractivity (Wildman–Crippen MR) is 113 cm³/mol. The first-order valence-corrected chi connectivity index (χ1v) is 10.0. The molecule has 1 aliphatic rings. The lowest BCUT2D eigenvalue weighted by atomic mass is 10.1. The van der Waals surface area contributed by atoms with Gasteiger partial charge in [-0.15, -0.1) is 0 Å². The molecular formula is C23H26N4O2. The van der Waals surface area contributed by atoms with E-state index in [9.17, 15) is 4.79 Å². The molecule has 6 heteroatoms. The average Bonchev–Trinajstić information content (AvgIpc) is 2.99. The summed E-state index contributed by atoms with van der Waals surface area (Å²) in [5.74, 6) is 0.781. The van der Waals surface area contributed by atoms with E-state index in [1.807, 2.05) is 58.2 Å². The van der Waals surface area contributed by atoms with Crippen LogP contribution in [0.15, 0.2) is 60.8 Å². The highest BCUT2D eigenvalue weighted by molar-refractivity contribution is 6.00. The smallest absolute Gasteiger partial charge is 0.257 e. The highest BCUT2D eigenvalue weighted by Gasteiger charge is 2.24. The Balaban J connectivity index is 1.71. The number of amides is 1. The second-order valence-corrected chi connectivity index (χ2v) is 7.20. The summed E-state index contributed by atoms with van der Waals surface area (Å²) in [7, 11) is 1.64. The molecule has 29 heavy (non-hydrogen) atoms. The summed E-state index contributed by atoms with van der Waals surface area (Å²) in [5, 5.41) is 8.14. The number of carbonyl (C=O) groups is 1. The number of nitrogens with one attached hydrogen (secondary N) is 1. The van der Waals surface area contributed by atoms with Gasteiger partial charge in [0.25, 0.3) is 5.91 Å². The maximum Gasteiger partial charge on any atom is 0.257 e. The van der Waals surface area contributed by atoms with E-state index < -0.39 is 0 Å². The molecule has 1 N–H and O–H groups in total. The number of ether oxygens (including phenoxy) is 1. The minimum atomic E-state index is 0.0332. The maximum atomic E-state index is 13.4. The number of rotatable bonds is 5. The van der Waals surface area contributed by atoms with Crippen LogP contribution in [0.2, 0.25) is 0 Å². The van der Waals surface area contributed by atoms with Gasteiger partial charge in [-0.3, -0.25) is 9.48 Å². The Morgan fingerprint density at radius 3 is 2.79 bits per heavy atom. The highest BCUT2D eigenvalue weighted by Crippen LogP contribution is 2.27. The van der Waals surface area contributed by atoms with Crippen LogP contribution in [0.5, 0.6) is 5.75 Å². The van der Waals surface area contributed by atoms with Crippen molar-refractivity contribution in [2.45, 2.75) is 13.0 Å². The van der Waals surface area contributed by atoms with Gasteiger partial charge in [0.15, 0.2) is 0 Å². The first kappa shape index (κ1) is 19.2. The topological polar surface area (TPSA) is 59.4 Å². The molecule has 0 bridgehead atoms. The second-order valence-electron chi connectivity index (χ2n) is 7.20. The number of carbonyl (C=O) groups excluding carboxylic acids is 1. The molecule has 2 heterocycles. The van der Waals surface area contributed by atoms with E-state index in [4.69, 9.17) is 9.84 Å². The molecule has 4 rings (SSSR count). The van der Waals surface area contributed by atoms with Crippen molar-refractivity contribution >= 4 is 5.91 Å². The van der Waals surface area contributed by atoms with Crippen LogP contribution in [0.25, 0.3) is 11.3 Å². The van der Waals surface area contributed by atoms with Crippen LogP contribution in [0.4, 0.5) is 0 Å². The number of hydrogen-bond acceptors (Lipinski definition) is 4. The Morgan fingerprint density at radius 1 is 1.10 bits per heavy atom. The molecule has 1 aromatic heterocycles. The van der Waals surface area contributed by atoms with Gasteiger partial charge >= 0.3 is 0 Å². The van der Waals surface area contributed by atoms with Crippen LogP contribution in [0, 0.1) is 0 Å². The van der Waals surface area contributed by atoms with Crippen LogP contribution < -0.4 is 10.1 Å². The normalized spacial score (nSPS) is 14.4. The van der Waals surface area contributed by atoms with E-state index in [2.05, 4.69) is 17.4 Å². The first-order valence-electron chi connectivity index (χ1n) is 10.0. The fourth-order valence-corrected chi connectivity index (χ4v) is 3.63. The third-order valence-corrected chi connectivity index (χ3v) is 5.15. The number of benzene rings is 2. The molecule has 0 atom stereocenters. The SMILES string of the molecule is COc1cccc(-c2nn(Cc3ccccc3)cc2C(=O)N2CCCNCC2)c1. The van der Waals surface area contributed by atoms with Crippen molar-refractivity contribution in [2.75, 3.05) is 33.3 Å². The van der Waals surface area contributed by atoms with Crippen molar-refractivity contribution in [1.29, 1.82) is 0 Å². The fraction of sp³-hybridized carbons (Fsp3) is 0.304. The molecule has 0 spiro atoms. The lowest BCUT2D eigenvalue weighted by Gasteiger charge is -2.19. The summed E-state index contributed by atoms with van der Waals surface area (Å²) in [6.45, 7) is 3.85. The summed E-state index contributed by atoms with van der Waals surface area (Å²) in [5.41, 5.74) is 3.36. The highest BCUT2D eigenvalue weighted by atomic mass is 16.5. The minimum Gasteiger partial charge on any atom is -0.497 e. The van der Waals surface area contributed by atoms with Crippen LogP contribution in [-0.4, -0.2) is 53.9 Å². The predicted octanol–water partition coefficient (Wildman–Crippen LogP) is 3.04. The Kier molecular flexibility index (Phi) is 5.91. The zero-order chi connectivity index (χ0) is 20.1. The molecule has 0 radical (unpaired) electrons. The molecule has 150 valence electrons. The summed E-state index contributed by atoms with van der Waals surface area (Å²) >= 11 is 0. The molecular weight excluding hydrogens is 364 g/mol. The van der Waals surface area contributed by atoms with Crippen LogP contribution in [-0.2, 0) is 6.54 Å². The molecule has 1 aliphatic heterocycles. The third kappa shape index (κ3) is 4.49. The van der Waals surface area contributed by atoms with Crippen molar-refractivity contribution in [1.82, 2.24) is 20.0 Å². The van der Waals surface area contributed by atoms with Crippen LogP contribution in [0.3, 0.4) is 0 Å². The van der Waals surface area contributed by atoms with E-state index in [1.54, 1.807) is 7.11 Å². The quantitative estimate of drug-likeness (QED) is 0.728. The largest absolute Gasteiger partial charge is 0.497 e. The summed E-state index contributed by atoms with van der Waals surface area (Å²) < 4.78 is 7.23. The van der Waals surface area contributed by atoms with E-state index in [-0.39, 0.29) is 5.91 Å². The molecule has 2 aromatic carbocycles. The third-order valence-electron chi connectivity index (χ3n) is 5.15. The van der Waals surface area contributed by atoms with Gasteiger partial charge in [0.05, 0.1) is 19.2 Å². The maximum absolute atomic E-state index is 13.4. The van der Waals surface area contributed by atoms with Gasteiger partial charge in [-0.2, -0.15) is 5.10 Å². The number of hydrogen-bond donors (Lipinski definition) is 1. The second kappa shape index (κ2) is 8.92. The lowest BCUT2D eigenvalue weighted by Crippen LogP contribution is -2.34. The van der Waals surface area contributed by atoms with Gasteiger partial charge in [-0.05, 0) is 30.7 Å². The molecule has 0 aliphatic carbocycles. The zero-order valence-corrected chi connectivity index (χ0v) is 16.7. The van der Waals surface area contributed by atoms with Gasteiger partial charge in [-0.25, -0.2) is 0 Å². The van der Waals surface area contributed by atoms with Crippen molar-refractivity contribution in [2.24, 2.45) is 0 Å². The van der Waals surface area contributed by atoms with Crippen molar-refractivity contribution in [3.63, 3.8) is 0 Å². The first-order chi connectivity index (χ1) is 14.2. The van der Waals surface area contributed by atoms with E-state index >= 15 is 0 Å². The number of nitrogens with zero attached hydrogens (tertiary/aromatic N) is 3. The number of aromatic nitrogens is 2. The van der Waals surface area contributed by atoms with Crippen molar-refractivity contribution in [3.05, 3.63) is 71.9 Å². The van der Waals surface area contributed by atoms with Gasteiger partial charge in [0.2, 0.25) is 0 Å². The molecule has 6 nitrogen and oxygen atoms in total. The Bertz CT molecular complexity index is 960. The summed E-state index contributed by atoms with van der Waals surface area (Å²) in [4.78, 5) is 15.3. The van der Waals surface area contributed by atoms with Gasteiger partial charge in [-0.1, -0.05) is 42.5 Å². The standard InChI is InChI=1S/C23H26N4O2/c1-29-20-10-5-9-19(15-20)22-21(23(28)26-13-6-11-24-12-14-26)17-27(25-22)16-18-7-3-2-4-8-18/h2-5,7-10,15,17,24H,6,11-14,16H2,1H3. The van der Waals surface area contributed by atoms with Gasteiger partial charge in [0.1, 0.15) is 11.4 Å². The Labute approximate surface area is 171 Å². The molecule has 1 fully saturated rings. The average molecular weight is 390 g/mol. The van der Waals surface area contributed by atoms with Crippen molar-refractivity contribution in [3.8, 4) is 17.0 Å². The van der Waals surface area contributed by atoms with E-state index in [1.165, 1.54) is 0 Å². The number of methoxy groups -OCH3 is 1. The zero-order valence-electron chi connectivity index (χ0n) is 16.7. The molecule has 0 unspecified atom stereocenters. The van der Waals surface area contributed by atoms with Gasteiger partial charge < -0.3 is 15.0 Å². The molecule has 3 aromatic rings. The van der Waals surface area contributed by atoms with E-state index in [0.29, 0.717) is 24.3 Å².